The number of hydrogen-bond acceptors (Lipinski definition) is 4. The third-order valence-electron chi connectivity index (χ3n) is 2.82. The molecular weight excluding hydrogens is 265 g/mol. The largest absolute Gasteiger partial charge is 0.440 e. The molecule has 1 aromatic heterocycles. The van der Waals surface area contributed by atoms with Crippen molar-refractivity contribution in [2.45, 2.75) is 32.0 Å². The van der Waals surface area contributed by atoms with E-state index in [0.29, 0.717) is 30.8 Å². The topological polar surface area (TPSA) is 55.6 Å². The molecule has 1 aliphatic heterocycles. The van der Waals surface area contributed by atoms with Crippen molar-refractivity contribution in [3.8, 4) is 0 Å². The van der Waals surface area contributed by atoms with Crippen LogP contribution < -0.4 is 0 Å². The first-order valence-electron chi connectivity index (χ1n) is 5.80. The first-order valence-corrected chi connectivity index (χ1v) is 5.80. The minimum absolute atomic E-state index is 0.348. The molecule has 5 nitrogen and oxygen atoms in total. The number of amides is 1. The number of carbonyl (C=O) groups excluding carboxylic acids is 1. The monoisotopic (exact) mass is 278 g/mol. The van der Waals surface area contributed by atoms with Crippen LogP contribution in [0.2, 0.25) is 0 Å². The average Bonchev–Trinajstić information content (AvgIpc) is 2.92. The van der Waals surface area contributed by atoms with Crippen molar-refractivity contribution in [2.24, 2.45) is 0 Å². The molecule has 2 rings (SSSR count). The number of carbonyl (C=O) groups is 1. The number of rotatable bonds is 2. The number of nitrogens with zero attached hydrogens (tertiary/aromatic N) is 2. The summed E-state index contributed by atoms with van der Waals surface area (Å²) >= 11 is 0. The quantitative estimate of drug-likeness (QED) is 0.834. The fourth-order valence-corrected chi connectivity index (χ4v) is 2.05. The Morgan fingerprint density at radius 1 is 1.63 bits per heavy atom. The zero-order valence-corrected chi connectivity index (χ0v) is 10.2. The van der Waals surface area contributed by atoms with Gasteiger partial charge in [0.2, 0.25) is 0 Å². The van der Waals surface area contributed by atoms with Crippen LogP contribution in [0.1, 0.15) is 30.3 Å². The van der Waals surface area contributed by atoms with Gasteiger partial charge in [-0.2, -0.15) is 13.2 Å². The van der Waals surface area contributed by atoms with Gasteiger partial charge in [0.15, 0.2) is 12.4 Å². The molecular formula is C11H13F3N2O3. The van der Waals surface area contributed by atoms with E-state index in [-0.39, 0.29) is 0 Å². The minimum Gasteiger partial charge on any atom is -0.440 e. The molecule has 0 aliphatic carbocycles. The van der Waals surface area contributed by atoms with Crippen molar-refractivity contribution < 1.29 is 27.2 Å². The van der Waals surface area contributed by atoms with E-state index in [4.69, 9.17) is 4.52 Å². The van der Waals surface area contributed by atoms with E-state index >= 15 is 0 Å². The molecule has 2 heterocycles. The number of alkyl halides is 3. The lowest BCUT2D eigenvalue weighted by Crippen LogP contribution is -2.33. The molecule has 1 atom stereocenters. The summed E-state index contributed by atoms with van der Waals surface area (Å²) in [6, 6.07) is 1.27. The number of likely N-dealkylation sites (tertiary alicyclic amines) is 1. The Bertz CT molecular complexity index is 458. The van der Waals surface area contributed by atoms with E-state index in [0.717, 1.165) is 0 Å². The molecule has 1 saturated heterocycles. The van der Waals surface area contributed by atoms with Crippen LogP contribution in [0.15, 0.2) is 10.6 Å². The lowest BCUT2D eigenvalue weighted by atomic mass is 10.1. The molecule has 1 amide bonds. The molecule has 1 aromatic rings. The molecule has 1 aliphatic rings. The van der Waals surface area contributed by atoms with Crippen LogP contribution in [0, 0.1) is 6.92 Å². The fraction of sp³-hybridized carbons (Fsp3) is 0.636. The normalized spacial score (nSPS) is 19.8. The van der Waals surface area contributed by atoms with E-state index < -0.39 is 24.9 Å². The molecule has 19 heavy (non-hydrogen) atoms. The second-order valence-corrected chi connectivity index (χ2v) is 4.39. The van der Waals surface area contributed by atoms with Crippen LogP contribution >= 0.6 is 0 Å². The summed E-state index contributed by atoms with van der Waals surface area (Å²) in [6.45, 7) is 0.500. The Balaban J connectivity index is 2.00. The zero-order valence-electron chi connectivity index (χ0n) is 10.2. The summed E-state index contributed by atoms with van der Waals surface area (Å²) in [6.07, 6.45) is -4.19. The molecule has 1 unspecified atom stereocenters. The second-order valence-electron chi connectivity index (χ2n) is 4.39. The predicted molar refractivity (Wildman–Crippen MR) is 57.3 cm³/mol. The summed E-state index contributed by atoms with van der Waals surface area (Å²) in [4.78, 5) is 12.9. The number of halogens is 3. The zero-order chi connectivity index (χ0) is 14.0. The molecule has 0 N–H and O–H groups in total. The van der Waals surface area contributed by atoms with Gasteiger partial charge in [-0.1, -0.05) is 5.16 Å². The van der Waals surface area contributed by atoms with Crippen molar-refractivity contribution in [3.63, 3.8) is 0 Å². The maximum absolute atomic E-state index is 12.0. The molecule has 106 valence electrons. The predicted octanol–water partition coefficient (Wildman–Crippen LogP) is 2.82. The van der Waals surface area contributed by atoms with Crippen LogP contribution in [0.3, 0.4) is 0 Å². The molecule has 0 aromatic carbocycles. The van der Waals surface area contributed by atoms with Gasteiger partial charge >= 0.3 is 12.3 Å². The number of aromatic nitrogens is 1. The van der Waals surface area contributed by atoms with Gasteiger partial charge < -0.3 is 9.26 Å². The van der Waals surface area contributed by atoms with Crippen molar-refractivity contribution in [2.75, 3.05) is 13.2 Å². The Labute approximate surface area is 107 Å². The molecule has 0 bridgehead atoms. The summed E-state index contributed by atoms with van der Waals surface area (Å²) in [5, 5.41) is 3.71. The summed E-state index contributed by atoms with van der Waals surface area (Å²) in [5.74, 6) is 0.471. The van der Waals surface area contributed by atoms with E-state index in [1.54, 1.807) is 13.0 Å². The molecule has 1 fully saturated rings. The molecule has 0 spiro atoms. The van der Waals surface area contributed by atoms with Crippen molar-refractivity contribution >= 4 is 6.09 Å². The number of hydrogen-bond donors (Lipinski definition) is 0. The lowest BCUT2D eigenvalue weighted by Gasteiger charge is -2.22. The van der Waals surface area contributed by atoms with E-state index in [1.807, 2.05) is 0 Å². The highest BCUT2D eigenvalue weighted by Gasteiger charge is 2.36. The SMILES string of the molecule is Cc1cc(C2CCCN2C(=O)OCC(F)(F)F)on1. The fourth-order valence-electron chi connectivity index (χ4n) is 2.05. The average molecular weight is 278 g/mol. The first kappa shape index (κ1) is 13.7. The number of aryl methyl sites for hydroxylation is 1. The van der Waals surface area contributed by atoms with Crippen molar-refractivity contribution in [1.82, 2.24) is 10.1 Å². The van der Waals surface area contributed by atoms with Crippen molar-refractivity contribution in [1.29, 1.82) is 0 Å². The lowest BCUT2D eigenvalue weighted by molar-refractivity contribution is -0.162. The van der Waals surface area contributed by atoms with Crippen LogP contribution in [0.5, 0.6) is 0 Å². The van der Waals surface area contributed by atoms with Gasteiger partial charge in [0.1, 0.15) is 0 Å². The van der Waals surface area contributed by atoms with Gasteiger partial charge in [0.05, 0.1) is 11.7 Å². The minimum atomic E-state index is -4.52. The van der Waals surface area contributed by atoms with Crippen LogP contribution in [0.4, 0.5) is 18.0 Å². The second kappa shape index (κ2) is 5.10. The van der Waals surface area contributed by atoms with Gasteiger partial charge in [-0.15, -0.1) is 0 Å². The molecule has 8 heteroatoms. The van der Waals surface area contributed by atoms with Gasteiger partial charge in [-0.3, -0.25) is 4.90 Å². The standard InChI is InChI=1S/C11H13F3N2O3/c1-7-5-9(19-15-7)8-3-2-4-16(8)10(17)18-6-11(12,13)14/h5,8H,2-4,6H2,1H3. The maximum Gasteiger partial charge on any atom is 0.422 e. The van der Waals surface area contributed by atoms with Crippen LogP contribution in [-0.2, 0) is 4.74 Å². The highest BCUT2D eigenvalue weighted by molar-refractivity contribution is 5.68. The Kier molecular flexibility index (Phi) is 3.68. The van der Waals surface area contributed by atoms with Crippen LogP contribution in [-0.4, -0.2) is 35.5 Å². The Morgan fingerprint density at radius 2 is 2.37 bits per heavy atom. The summed E-state index contributed by atoms with van der Waals surface area (Å²) in [5.41, 5.74) is 0.658. The van der Waals surface area contributed by atoms with Gasteiger partial charge in [-0.25, -0.2) is 4.79 Å². The maximum atomic E-state index is 12.0. The van der Waals surface area contributed by atoms with E-state index in [1.165, 1.54) is 4.90 Å². The first-order chi connectivity index (χ1) is 8.87. The van der Waals surface area contributed by atoms with Gasteiger partial charge in [0, 0.05) is 12.6 Å². The highest BCUT2D eigenvalue weighted by Crippen LogP contribution is 2.32. The summed E-state index contributed by atoms with van der Waals surface area (Å²) in [7, 11) is 0. The Hall–Kier alpha value is -1.73. The third-order valence-corrected chi connectivity index (χ3v) is 2.82. The summed E-state index contributed by atoms with van der Waals surface area (Å²) < 4.78 is 45.3. The van der Waals surface area contributed by atoms with E-state index in [2.05, 4.69) is 9.89 Å². The number of ether oxygens (including phenoxy) is 1. The van der Waals surface area contributed by atoms with E-state index in [9.17, 15) is 18.0 Å². The molecule has 0 saturated carbocycles. The van der Waals surface area contributed by atoms with Gasteiger partial charge in [0.25, 0.3) is 0 Å². The molecule has 0 radical (unpaired) electrons. The van der Waals surface area contributed by atoms with Crippen molar-refractivity contribution in [3.05, 3.63) is 17.5 Å². The Morgan fingerprint density at radius 3 is 2.95 bits per heavy atom. The van der Waals surface area contributed by atoms with Gasteiger partial charge in [-0.05, 0) is 19.8 Å². The highest BCUT2D eigenvalue weighted by atomic mass is 19.4. The third kappa shape index (κ3) is 3.39. The smallest absolute Gasteiger partial charge is 0.422 e. The van der Waals surface area contributed by atoms with Crippen LogP contribution in [0.25, 0.3) is 0 Å².